The van der Waals surface area contributed by atoms with Crippen LogP contribution >= 0.6 is 0 Å². The zero-order valence-corrected chi connectivity index (χ0v) is 19.3. The summed E-state index contributed by atoms with van der Waals surface area (Å²) in [6, 6.07) is 22.6. The first-order valence-electron chi connectivity index (χ1n) is 11.6. The molecule has 0 aliphatic heterocycles. The number of anilines is 2. The van der Waals surface area contributed by atoms with Crippen molar-refractivity contribution < 1.29 is 14.5 Å². The number of carbonyl (C=O) groups is 2. The van der Waals surface area contributed by atoms with Crippen LogP contribution in [0.2, 0.25) is 0 Å². The summed E-state index contributed by atoms with van der Waals surface area (Å²) in [6.07, 6.45) is 3.65. The maximum Gasteiger partial charge on any atom is 0.269 e. The van der Waals surface area contributed by atoms with Crippen LogP contribution in [0.5, 0.6) is 0 Å². The molecule has 9 heteroatoms. The van der Waals surface area contributed by atoms with Gasteiger partial charge in [0.2, 0.25) is 11.8 Å². The molecule has 1 aliphatic rings. The van der Waals surface area contributed by atoms with E-state index in [0.29, 0.717) is 28.2 Å². The topological polar surface area (TPSA) is 119 Å². The first-order valence-corrected chi connectivity index (χ1v) is 11.6. The van der Waals surface area contributed by atoms with Gasteiger partial charge < -0.3 is 10.6 Å². The number of nitro benzene ring substituents is 1. The number of nitrogens with one attached hydrogen (secondary N) is 2. The van der Waals surface area contributed by atoms with Crippen molar-refractivity contribution in [3.63, 3.8) is 0 Å². The molecule has 1 fully saturated rings. The Morgan fingerprint density at radius 2 is 1.64 bits per heavy atom. The monoisotopic (exact) mass is 481 g/mol. The van der Waals surface area contributed by atoms with Gasteiger partial charge in [-0.15, -0.1) is 0 Å². The molecule has 1 aliphatic carbocycles. The average molecular weight is 482 g/mol. The lowest BCUT2D eigenvalue weighted by Gasteiger charge is -2.09. The Balaban J connectivity index is 1.38. The number of non-ortho nitro benzene ring substituents is 1. The Bertz CT molecular complexity index is 1430. The normalized spacial score (nSPS) is 12.7. The summed E-state index contributed by atoms with van der Waals surface area (Å²) in [6.45, 7) is 0. The summed E-state index contributed by atoms with van der Waals surface area (Å²) < 4.78 is 1.69. The van der Waals surface area contributed by atoms with Gasteiger partial charge in [0.1, 0.15) is 0 Å². The standard InChI is InChI=1S/C27H23N5O4/c33-25(28-21-5-4-6-22(16-21)29-27(34)19-9-10-19)15-20-17-31(23-7-2-1-3-8-23)30-26(20)18-11-13-24(14-12-18)32(35)36/h1-8,11-14,16-17,19H,9-10,15H2,(H,28,33)(H,29,34). The van der Waals surface area contributed by atoms with Crippen LogP contribution in [0.1, 0.15) is 18.4 Å². The van der Waals surface area contributed by atoms with Crippen molar-refractivity contribution in [2.24, 2.45) is 5.92 Å². The second-order valence-corrected chi connectivity index (χ2v) is 8.66. The van der Waals surface area contributed by atoms with Crippen LogP contribution in [0.25, 0.3) is 16.9 Å². The largest absolute Gasteiger partial charge is 0.326 e. The van der Waals surface area contributed by atoms with Crippen LogP contribution in [-0.2, 0) is 16.0 Å². The maximum absolute atomic E-state index is 13.0. The number of amides is 2. The summed E-state index contributed by atoms with van der Waals surface area (Å²) in [5, 5.41) is 21.5. The first-order chi connectivity index (χ1) is 17.5. The van der Waals surface area contributed by atoms with Gasteiger partial charge in [-0.2, -0.15) is 5.10 Å². The van der Waals surface area contributed by atoms with Gasteiger partial charge in [-0.3, -0.25) is 19.7 Å². The number of nitro groups is 1. The van der Waals surface area contributed by atoms with Crippen LogP contribution in [0.3, 0.4) is 0 Å². The third-order valence-corrected chi connectivity index (χ3v) is 5.88. The summed E-state index contributed by atoms with van der Waals surface area (Å²) in [5.74, 6) is -0.168. The van der Waals surface area contributed by atoms with Crippen molar-refractivity contribution in [3.8, 4) is 16.9 Å². The van der Waals surface area contributed by atoms with E-state index in [-0.39, 0.29) is 29.8 Å². The maximum atomic E-state index is 13.0. The van der Waals surface area contributed by atoms with Gasteiger partial charge >= 0.3 is 0 Å². The summed E-state index contributed by atoms with van der Waals surface area (Å²) in [5.41, 5.74) is 3.91. The molecule has 180 valence electrons. The van der Waals surface area contributed by atoms with Crippen LogP contribution in [0, 0.1) is 16.0 Å². The molecule has 9 nitrogen and oxygen atoms in total. The Labute approximate surface area is 206 Å². The van der Waals surface area contributed by atoms with Gasteiger partial charge in [-0.1, -0.05) is 24.3 Å². The predicted octanol–water partition coefficient (Wildman–Crippen LogP) is 4.98. The lowest BCUT2D eigenvalue weighted by Crippen LogP contribution is -2.16. The number of aromatic nitrogens is 2. The van der Waals surface area contributed by atoms with Crippen molar-refractivity contribution in [2.45, 2.75) is 19.3 Å². The SMILES string of the molecule is O=C(Cc1cn(-c2ccccc2)nc1-c1ccc([N+](=O)[O-])cc1)Nc1cccc(NC(=O)C2CC2)c1. The molecule has 3 aromatic carbocycles. The minimum atomic E-state index is -0.456. The third kappa shape index (κ3) is 5.30. The molecular formula is C27H23N5O4. The number of nitrogens with zero attached hydrogens (tertiary/aromatic N) is 3. The van der Waals surface area contributed by atoms with E-state index in [4.69, 9.17) is 0 Å². The highest BCUT2D eigenvalue weighted by atomic mass is 16.6. The molecular weight excluding hydrogens is 458 g/mol. The summed E-state index contributed by atoms with van der Waals surface area (Å²) in [7, 11) is 0. The Kier molecular flexibility index (Phi) is 6.27. The number of hydrogen-bond donors (Lipinski definition) is 2. The molecule has 0 bridgehead atoms. The van der Waals surface area contributed by atoms with Crippen molar-refractivity contribution in [1.29, 1.82) is 0 Å². The second-order valence-electron chi connectivity index (χ2n) is 8.66. The van der Waals surface area contributed by atoms with E-state index in [1.54, 1.807) is 47.3 Å². The molecule has 0 unspecified atom stereocenters. The van der Waals surface area contributed by atoms with Crippen molar-refractivity contribution >= 4 is 28.9 Å². The van der Waals surface area contributed by atoms with E-state index in [9.17, 15) is 19.7 Å². The van der Waals surface area contributed by atoms with E-state index in [1.165, 1.54) is 12.1 Å². The van der Waals surface area contributed by atoms with E-state index in [2.05, 4.69) is 15.7 Å². The highest BCUT2D eigenvalue weighted by Crippen LogP contribution is 2.30. The second kappa shape index (κ2) is 9.83. The van der Waals surface area contributed by atoms with Crippen molar-refractivity contribution in [2.75, 3.05) is 10.6 Å². The quantitative estimate of drug-likeness (QED) is 0.272. The van der Waals surface area contributed by atoms with Gasteiger partial charge in [-0.25, -0.2) is 4.68 Å². The van der Waals surface area contributed by atoms with Gasteiger partial charge in [-0.05, 0) is 55.3 Å². The highest BCUT2D eigenvalue weighted by molar-refractivity contribution is 5.96. The zero-order chi connectivity index (χ0) is 25.1. The number of benzene rings is 3. The molecule has 0 radical (unpaired) electrons. The molecule has 2 amide bonds. The van der Waals surface area contributed by atoms with Gasteiger partial charge in [0, 0.05) is 46.7 Å². The number of carbonyl (C=O) groups excluding carboxylic acids is 2. The lowest BCUT2D eigenvalue weighted by atomic mass is 10.1. The lowest BCUT2D eigenvalue weighted by molar-refractivity contribution is -0.384. The molecule has 0 saturated heterocycles. The van der Waals surface area contributed by atoms with Crippen molar-refractivity contribution in [3.05, 3.63) is 101 Å². The molecule has 2 N–H and O–H groups in total. The third-order valence-electron chi connectivity index (χ3n) is 5.88. The van der Waals surface area contributed by atoms with Gasteiger partial charge in [0.25, 0.3) is 5.69 Å². The van der Waals surface area contributed by atoms with Crippen LogP contribution in [0.15, 0.2) is 85.1 Å². The minimum absolute atomic E-state index is 0.000424. The molecule has 36 heavy (non-hydrogen) atoms. The fourth-order valence-corrected chi connectivity index (χ4v) is 3.88. The van der Waals surface area contributed by atoms with Gasteiger partial charge in [0.05, 0.1) is 22.7 Å². The Morgan fingerprint density at radius 1 is 0.944 bits per heavy atom. The fraction of sp³-hybridized carbons (Fsp3) is 0.148. The first kappa shape index (κ1) is 23.0. The zero-order valence-electron chi connectivity index (χ0n) is 19.3. The molecule has 1 saturated carbocycles. The number of para-hydroxylation sites is 1. The molecule has 0 atom stereocenters. The van der Waals surface area contributed by atoms with Crippen LogP contribution in [0.4, 0.5) is 17.1 Å². The molecule has 5 rings (SSSR count). The fourth-order valence-electron chi connectivity index (χ4n) is 3.88. The summed E-state index contributed by atoms with van der Waals surface area (Å²) >= 11 is 0. The molecule has 4 aromatic rings. The number of hydrogen-bond acceptors (Lipinski definition) is 5. The molecule has 1 aromatic heterocycles. The van der Waals surface area contributed by atoms with Crippen LogP contribution < -0.4 is 10.6 Å². The predicted molar refractivity (Wildman–Crippen MR) is 136 cm³/mol. The Hall–Kier alpha value is -4.79. The molecule has 0 spiro atoms. The smallest absolute Gasteiger partial charge is 0.269 e. The summed E-state index contributed by atoms with van der Waals surface area (Å²) in [4.78, 5) is 35.6. The Morgan fingerprint density at radius 3 is 2.31 bits per heavy atom. The number of rotatable bonds is 8. The van der Waals surface area contributed by atoms with Gasteiger partial charge in [0.15, 0.2) is 0 Å². The molecule has 1 heterocycles. The average Bonchev–Trinajstić information content (AvgIpc) is 3.65. The minimum Gasteiger partial charge on any atom is -0.326 e. The van der Waals surface area contributed by atoms with Crippen molar-refractivity contribution in [1.82, 2.24) is 9.78 Å². The van der Waals surface area contributed by atoms with E-state index < -0.39 is 4.92 Å². The van der Waals surface area contributed by atoms with E-state index in [1.807, 2.05) is 30.3 Å². The van der Waals surface area contributed by atoms with E-state index in [0.717, 1.165) is 18.5 Å². The van der Waals surface area contributed by atoms with Crippen LogP contribution in [-0.4, -0.2) is 26.5 Å². The highest BCUT2D eigenvalue weighted by Gasteiger charge is 2.29. The van der Waals surface area contributed by atoms with E-state index >= 15 is 0 Å².